The lowest BCUT2D eigenvalue weighted by molar-refractivity contribution is 0.408. The zero-order valence-electron chi connectivity index (χ0n) is 9.77. The first-order chi connectivity index (χ1) is 6.77. The summed E-state index contributed by atoms with van der Waals surface area (Å²) in [5.41, 5.74) is 0. The molecule has 1 saturated carbocycles. The molecule has 3 atom stereocenters. The number of halogens is 1. The Morgan fingerprint density at radius 3 is 2.57 bits per heavy atom. The van der Waals surface area contributed by atoms with E-state index in [-0.39, 0.29) is 0 Å². The van der Waals surface area contributed by atoms with Gasteiger partial charge in [-0.3, -0.25) is 0 Å². The lowest BCUT2D eigenvalue weighted by Crippen LogP contribution is -2.13. The first kappa shape index (κ1) is 12.5. The molecule has 0 heterocycles. The Kier molecular flexibility index (Phi) is 6.16. The molecule has 0 spiro atoms. The van der Waals surface area contributed by atoms with Crippen molar-refractivity contribution in [3.8, 4) is 0 Å². The van der Waals surface area contributed by atoms with E-state index < -0.39 is 0 Å². The molecule has 0 aromatic heterocycles. The molecule has 1 aliphatic carbocycles. The van der Waals surface area contributed by atoms with Crippen molar-refractivity contribution in [2.75, 3.05) is 0 Å². The highest BCUT2D eigenvalue weighted by Gasteiger charge is 2.22. The van der Waals surface area contributed by atoms with Crippen molar-refractivity contribution in [3.63, 3.8) is 0 Å². The van der Waals surface area contributed by atoms with Crippen LogP contribution in [-0.4, -0.2) is 4.83 Å². The van der Waals surface area contributed by atoms with Crippen LogP contribution in [0.3, 0.4) is 0 Å². The van der Waals surface area contributed by atoms with Crippen molar-refractivity contribution in [1.29, 1.82) is 0 Å². The molecule has 1 aliphatic rings. The van der Waals surface area contributed by atoms with Crippen LogP contribution in [0.1, 0.15) is 65.2 Å². The fourth-order valence-corrected chi connectivity index (χ4v) is 3.68. The summed E-state index contributed by atoms with van der Waals surface area (Å²) in [6.45, 7) is 4.64. The summed E-state index contributed by atoms with van der Waals surface area (Å²) in [5, 5.41) is 0. The molecule has 0 saturated heterocycles. The molecule has 0 aromatic carbocycles. The molecule has 0 nitrogen and oxygen atoms in total. The van der Waals surface area contributed by atoms with Crippen molar-refractivity contribution in [2.24, 2.45) is 11.8 Å². The SMILES string of the molecule is CCCC(Br)C1CCCC(CC)CC1. The summed E-state index contributed by atoms with van der Waals surface area (Å²) < 4.78 is 0. The molecule has 3 unspecified atom stereocenters. The molecule has 0 amide bonds. The highest BCUT2D eigenvalue weighted by atomic mass is 79.9. The lowest BCUT2D eigenvalue weighted by Gasteiger charge is -2.20. The highest BCUT2D eigenvalue weighted by Crippen LogP contribution is 2.34. The van der Waals surface area contributed by atoms with Gasteiger partial charge in [0.1, 0.15) is 0 Å². The van der Waals surface area contributed by atoms with Gasteiger partial charge in [0.15, 0.2) is 0 Å². The van der Waals surface area contributed by atoms with Gasteiger partial charge in [0.25, 0.3) is 0 Å². The van der Waals surface area contributed by atoms with E-state index in [1.54, 1.807) is 0 Å². The van der Waals surface area contributed by atoms with Crippen molar-refractivity contribution in [1.82, 2.24) is 0 Å². The fourth-order valence-electron chi connectivity index (χ4n) is 2.69. The van der Waals surface area contributed by atoms with Crippen molar-refractivity contribution in [2.45, 2.75) is 70.0 Å². The third-order valence-electron chi connectivity index (χ3n) is 3.79. The Morgan fingerprint density at radius 2 is 1.93 bits per heavy atom. The van der Waals surface area contributed by atoms with Gasteiger partial charge in [-0.05, 0) is 31.1 Å². The fraction of sp³-hybridized carbons (Fsp3) is 1.00. The summed E-state index contributed by atoms with van der Waals surface area (Å²) in [5.74, 6) is 1.99. The van der Waals surface area contributed by atoms with Gasteiger partial charge in [-0.1, -0.05) is 61.9 Å². The quantitative estimate of drug-likeness (QED) is 0.484. The largest absolute Gasteiger partial charge is 0.0888 e. The van der Waals surface area contributed by atoms with Gasteiger partial charge in [0, 0.05) is 4.83 Å². The predicted octanol–water partition coefficient (Wildman–Crippen LogP) is 5.16. The van der Waals surface area contributed by atoms with Gasteiger partial charge in [0.2, 0.25) is 0 Å². The van der Waals surface area contributed by atoms with Crippen LogP contribution in [0.15, 0.2) is 0 Å². The van der Waals surface area contributed by atoms with Gasteiger partial charge in [-0.2, -0.15) is 0 Å². The molecule has 0 bridgehead atoms. The monoisotopic (exact) mass is 260 g/mol. The number of alkyl halides is 1. The molecule has 1 heteroatoms. The topological polar surface area (TPSA) is 0 Å². The standard InChI is InChI=1S/C13H25Br/c1-3-6-13(14)12-8-5-7-11(4-2)9-10-12/h11-13H,3-10H2,1-2H3. The van der Waals surface area contributed by atoms with E-state index in [0.29, 0.717) is 0 Å². The summed E-state index contributed by atoms with van der Waals surface area (Å²) in [4.78, 5) is 0.795. The Labute approximate surface area is 98.0 Å². The third-order valence-corrected chi connectivity index (χ3v) is 4.99. The zero-order valence-corrected chi connectivity index (χ0v) is 11.4. The summed E-state index contributed by atoms with van der Waals surface area (Å²) >= 11 is 3.88. The zero-order chi connectivity index (χ0) is 10.4. The lowest BCUT2D eigenvalue weighted by atomic mass is 9.93. The van der Waals surface area contributed by atoms with Gasteiger partial charge in [-0.15, -0.1) is 0 Å². The second kappa shape index (κ2) is 6.87. The minimum absolute atomic E-state index is 0.795. The Hall–Kier alpha value is 0.480. The van der Waals surface area contributed by atoms with E-state index in [0.717, 1.165) is 16.7 Å². The summed E-state index contributed by atoms with van der Waals surface area (Å²) in [7, 11) is 0. The van der Waals surface area contributed by atoms with Crippen LogP contribution in [0.4, 0.5) is 0 Å². The van der Waals surface area contributed by atoms with Crippen molar-refractivity contribution in [3.05, 3.63) is 0 Å². The van der Waals surface area contributed by atoms with E-state index in [1.807, 2.05) is 0 Å². The Bertz CT molecular complexity index is 144. The van der Waals surface area contributed by atoms with Crippen molar-refractivity contribution >= 4 is 15.9 Å². The maximum Gasteiger partial charge on any atom is 0.0174 e. The van der Waals surface area contributed by atoms with E-state index >= 15 is 0 Å². The molecular formula is C13H25Br. The van der Waals surface area contributed by atoms with Crippen LogP contribution in [0.2, 0.25) is 0 Å². The molecule has 1 fully saturated rings. The second-order valence-corrected chi connectivity index (χ2v) is 6.02. The van der Waals surface area contributed by atoms with E-state index in [2.05, 4.69) is 29.8 Å². The average Bonchev–Trinajstić information content (AvgIpc) is 2.42. The Balaban J connectivity index is 2.33. The predicted molar refractivity (Wildman–Crippen MR) is 68.0 cm³/mol. The van der Waals surface area contributed by atoms with Crippen LogP contribution in [0.25, 0.3) is 0 Å². The van der Waals surface area contributed by atoms with Gasteiger partial charge >= 0.3 is 0 Å². The first-order valence-electron chi connectivity index (χ1n) is 6.42. The highest BCUT2D eigenvalue weighted by molar-refractivity contribution is 9.09. The van der Waals surface area contributed by atoms with Gasteiger partial charge in [-0.25, -0.2) is 0 Å². The molecule has 0 aromatic rings. The van der Waals surface area contributed by atoms with Crippen LogP contribution in [0.5, 0.6) is 0 Å². The first-order valence-corrected chi connectivity index (χ1v) is 7.33. The van der Waals surface area contributed by atoms with Crippen LogP contribution < -0.4 is 0 Å². The molecule has 0 aliphatic heterocycles. The molecular weight excluding hydrogens is 236 g/mol. The molecule has 84 valence electrons. The Morgan fingerprint density at radius 1 is 1.14 bits per heavy atom. The number of rotatable bonds is 4. The van der Waals surface area contributed by atoms with Crippen LogP contribution >= 0.6 is 15.9 Å². The number of hydrogen-bond acceptors (Lipinski definition) is 0. The average molecular weight is 261 g/mol. The maximum absolute atomic E-state index is 3.88. The molecule has 1 rings (SSSR count). The van der Waals surface area contributed by atoms with Gasteiger partial charge < -0.3 is 0 Å². The minimum atomic E-state index is 0.795. The molecule has 14 heavy (non-hydrogen) atoms. The van der Waals surface area contributed by atoms with Crippen molar-refractivity contribution < 1.29 is 0 Å². The van der Waals surface area contributed by atoms with Gasteiger partial charge in [0.05, 0.1) is 0 Å². The van der Waals surface area contributed by atoms with E-state index in [9.17, 15) is 0 Å². The van der Waals surface area contributed by atoms with Crippen LogP contribution in [0, 0.1) is 11.8 Å². The maximum atomic E-state index is 3.88. The molecule has 0 radical (unpaired) electrons. The van der Waals surface area contributed by atoms with Crippen LogP contribution in [-0.2, 0) is 0 Å². The third kappa shape index (κ3) is 3.92. The second-order valence-electron chi connectivity index (χ2n) is 4.85. The minimum Gasteiger partial charge on any atom is -0.0888 e. The normalized spacial score (nSPS) is 31.1. The summed E-state index contributed by atoms with van der Waals surface area (Å²) in [6.07, 6.45) is 11.4. The smallest absolute Gasteiger partial charge is 0.0174 e. The molecule has 0 N–H and O–H groups in total. The van der Waals surface area contributed by atoms with E-state index in [1.165, 1.54) is 51.4 Å². The summed E-state index contributed by atoms with van der Waals surface area (Å²) in [6, 6.07) is 0. The van der Waals surface area contributed by atoms with E-state index in [4.69, 9.17) is 0 Å². The number of hydrogen-bond donors (Lipinski definition) is 0.